The quantitative estimate of drug-likeness (QED) is 0.427. The molecule has 0 saturated heterocycles. The molecule has 7 heteroatoms. The summed E-state index contributed by atoms with van der Waals surface area (Å²) in [6, 6.07) is 0. The standard InChI is InChI=1S/Cr.Li.Ni.2H2O.2O.H/h;;;2*1H2;;;/q+2;;;;;;;/p-2. The molecule has 0 atom stereocenters. The van der Waals surface area contributed by atoms with E-state index in [0.29, 0.717) is 0 Å². The van der Waals surface area contributed by atoms with Crippen molar-refractivity contribution in [2.45, 2.75) is 0 Å². The van der Waals surface area contributed by atoms with Gasteiger partial charge < -0.3 is 0 Å². The topological polar surface area (TPSA) is 74.6 Å². The van der Waals surface area contributed by atoms with Crippen LogP contribution < -0.4 is 0 Å². The Hall–Kier alpha value is 1.14. The molecule has 0 heterocycles. The molecule has 44 valence electrons. The van der Waals surface area contributed by atoms with E-state index in [1.807, 2.05) is 0 Å². The van der Waals surface area contributed by atoms with Gasteiger partial charge in [0, 0.05) is 16.5 Å². The van der Waals surface area contributed by atoms with E-state index in [-0.39, 0.29) is 35.4 Å². The number of rotatable bonds is 0. The van der Waals surface area contributed by atoms with Crippen LogP contribution in [0.2, 0.25) is 0 Å². The summed E-state index contributed by atoms with van der Waals surface area (Å²) in [6.45, 7) is 0. The molecule has 0 rings (SSSR count). The van der Waals surface area contributed by atoms with E-state index in [1.165, 1.54) is 0 Å². The van der Waals surface area contributed by atoms with E-state index >= 15 is 0 Å². The SMILES string of the molecule is [LiH].[Ni].[O]=[Cr](=[O])([OH])[OH]. The van der Waals surface area contributed by atoms with Gasteiger partial charge in [-0.15, -0.1) is 0 Å². The molecule has 0 saturated carbocycles. The van der Waals surface area contributed by atoms with E-state index in [0.717, 1.165) is 0 Å². The summed E-state index contributed by atoms with van der Waals surface area (Å²) in [7, 11) is 0. The van der Waals surface area contributed by atoms with Crippen molar-refractivity contribution < 1.29 is 46.0 Å². The molecule has 4 nitrogen and oxygen atoms in total. The average Bonchev–Trinajstić information content (AvgIpc) is 0.722. The van der Waals surface area contributed by atoms with Crippen LogP contribution >= 0.6 is 0 Å². The normalized spacial score (nSPS) is 8.29. The van der Waals surface area contributed by atoms with Gasteiger partial charge in [0.15, 0.2) is 0 Å². The van der Waals surface area contributed by atoms with Crippen LogP contribution in [-0.4, -0.2) is 27.2 Å². The summed E-state index contributed by atoms with van der Waals surface area (Å²) >= 11 is -5.25. The van der Waals surface area contributed by atoms with Gasteiger partial charge in [-0.25, -0.2) is 0 Å². The Bertz CT molecular complexity index is 94.9. The Morgan fingerprint density at radius 1 is 1.14 bits per heavy atom. The van der Waals surface area contributed by atoms with E-state index in [1.54, 1.807) is 0 Å². The average molecular weight is 185 g/mol. The van der Waals surface area contributed by atoms with Gasteiger partial charge in [-0.3, -0.25) is 0 Å². The van der Waals surface area contributed by atoms with Gasteiger partial charge in [0.1, 0.15) is 0 Å². The van der Waals surface area contributed by atoms with Crippen molar-refractivity contribution in [3.63, 3.8) is 0 Å². The number of hydrogen-bond acceptors (Lipinski definition) is 2. The van der Waals surface area contributed by atoms with Gasteiger partial charge in [-0.1, -0.05) is 0 Å². The zero-order valence-corrected chi connectivity index (χ0v) is 4.70. The molecule has 0 fully saturated rings. The maximum absolute atomic E-state index is 8.82. The Morgan fingerprint density at radius 3 is 1.14 bits per heavy atom. The third-order valence-electron chi connectivity index (χ3n) is 0. The van der Waals surface area contributed by atoms with Crippen LogP contribution in [0.5, 0.6) is 0 Å². The summed E-state index contributed by atoms with van der Waals surface area (Å²) in [4.78, 5) is 0. The third kappa shape index (κ3) is 145. The fourth-order valence-corrected chi connectivity index (χ4v) is 0. The van der Waals surface area contributed by atoms with Gasteiger partial charge in [0.25, 0.3) is 0 Å². The fourth-order valence-electron chi connectivity index (χ4n) is 0. The molecule has 0 aliphatic heterocycles. The molecule has 0 unspecified atom stereocenters. The van der Waals surface area contributed by atoms with Crippen LogP contribution in [0, 0.1) is 0 Å². The molecule has 0 radical (unpaired) electrons. The zero-order chi connectivity index (χ0) is 4.50. The first-order chi connectivity index (χ1) is 2.00. The monoisotopic (exact) mass is 184 g/mol. The molecule has 7 heavy (non-hydrogen) atoms. The van der Waals surface area contributed by atoms with Crippen LogP contribution in [0.3, 0.4) is 0 Å². The molecule has 0 aromatic rings. The van der Waals surface area contributed by atoms with E-state index in [9.17, 15) is 0 Å². The second kappa shape index (κ2) is 5.28. The number of hydrogen-bond donors (Lipinski definition) is 2. The molecule has 0 aromatic carbocycles. The van der Waals surface area contributed by atoms with Crippen molar-refractivity contribution in [1.82, 2.24) is 0 Å². The molecule has 0 amide bonds. The van der Waals surface area contributed by atoms with Crippen LogP contribution in [-0.2, 0) is 37.7 Å². The molecule has 0 bridgehead atoms. The van der Waals surface area contributed by atoms with Gasteiger partial charge >= 0.3 is 48.4 Å². The van der Waals surface area contributed by atoms with Gasteiger partial charge in [0.05, 0.1) is 0 Å². The predicted octanol–water partition coefficient (Wildman–Crippen LogP) is -2.01. The second-order valence-electron chi connectivity index (χ2n) is 0.448. The van der Waals surface area contributed by atoms with Crippen molar-refractivity contribution >= 4 is 18.9 Å². The zero-order valence-electron chi connectivity index (χ0n) is 2.44. The first-order valence-electron chi connectivity index (χ1n) is 0.698. The molecule has 0 aliphatic carbocycles. The van der Waals surface area contributed by atoms with E-state index in [2.05, 4.69) is 0 Å². The summed E-state index contributed by atoms with van der Waals surface area (Å²) in [5, 5.41) is 0. The van der Waals surface area contributed by atoms with E-state index < -0.39 is 13.6 Å². The van der Waals surface area contributed by atoms with Crippen molar-refractivity contribution in [3.05, 3.63) is 0 Å². The molecule has 0 aromatic heterocycles. The van der Waals surface area contributed by atoms with Gasteiger partial charge in [-0.2, -0.15) is 0 Å². The first kappa shape index (κ1) is 15.7. The fraction of sp³-hybridized carbons (Fsp3) is 0. The molecule has 2 N–H and O–H groups in total. The second-order valence-corrected chi connectivity index (χ2v) is 1.85. The summed E-state index contributed by atoms with van der Waals surface area (Å²) < 4.78 is 31.9. The van der Waals surface area contributed by atoms with Gasteiger partial charge in [0.2, 0.25) is 0 Å². The van der Waals surface area contributed by atoms with Crippen LogP contribution in [0.1, 0.15) is 0 Å². The van der Waals surface area contributed by atoms with Crippen molar-refractivity contribution in [2.75, 3.05) is 0 Å². The van der Waals surface area contributed by atoms with Crippen molar-refractivity contribution in [2.24, 2.45) is 0 Å². The van der Waals surface area contributed by atoms with Crippen molar-refractivity contribution in [1.29, 1.82) is 0 Å². The van der Waals surface area contributed by atoms with E-state index in [4.69, 9.17) is 15.9 Å². The molecule has 0 aliphatic rings. The predicted molar refractivity (Wildman–Crippen MR) is 13.0 cm³/mol. The molecular weight excluding hydrogens is 182 g/mol. The van der Waals surface area contributed by atoms with Crippen LogP contribution in [0.4, 0.5) is 0 Å². The third-order valence-corrected chi connectivity index (χ3v) is 0. The Balaban J connectivity index is -0.0000000800. The van der Waals surface area contributed by atoms with Crippen molar-refractivity contribution in [3.8, 4) is 0 Å². The molecule has 0 spiro atoms. The Morgan fingerprint density at radius 2 is 1.14 bits per heavy atom. The maximum atomic E-state index is 8.82. The Kier molecular flexibility index (Phi) is 11.9. The summed E-state index contributed by atoms with van der Waals surface area (Å²) in [5.41, 5.74) is 0. The summed E-state index contributed by atoms with van der Waals surface area (Å²) in [6.07, 6.45) is 0. The Labute approximate surface area is 64.8 Å². The van der Waals surface area contributed by atoms with Gasteiger partial charge in [-0.05, 0) is 0 Å². The van der Waals surface area contributed by atoms with Crippen LogP contribution in [0.15, 0.2) is 0 Å². The minimum atomic E-state index is -5.25. The van der Waals surface area contributed by atoms with Crippen LogP contribution in [0.25, 0.3) is 0 Å². The summed E-state index contributed by atoms with van der Waals surface area (Å²) in [5.74, 6) is 0. The molecular formula is H3CrLiNiO4. The minimum absolute atomic E-state index is 0. The first-order valence-corrected chi connectivity index (χ1v) is 2.88.